The second-order valence-electron chi connectivity index (χ2n) is 7.34. The van der Waals surface area contributed by atoms with Crippen molar-refractivity contribution in [2.24, 2.45) is 0 Å². The molecule has 1 unspecified atom stereocenters. The third kappa shape index (κ3) is 3.70. The lowest BCUT2D eigenvalue weighted by Gasteiger charge is -2.38. The number of alkyl halides is 2. The number of nitriles is 1. The number of likely N-dealkylation sites (tertiary alicyclic amines) is 1. The van der Waals surface area contributed by atoms with Crippen molar-refractivity contribution < 1.29 is 18.4 Å². The van der Waals surface area contributed by atoms with E-state index in [9.17, 15) is 18.4 Å². The largest absolute Gasteiger partial charge is 0.340 e. The van der Waals surface area contributed by atoms with Crippen molar-refractivity contribution in [3.8, 4) is 6.07 Å². The second kappa shape index (κ2) is 7.28. The van der Waals surface area contributed by atoms with Gasteiger partial charge in [0.2, 0.25) is 5.91 Å². The fourth-order valence-corrected chi connectivity index (χ4v) is 3.80. The molecule has 2 aromatic rings. The van der Waals surface area contributed by atoms with Gasteiger partial charge in [-0.3, -0.25) is 14.3 Å². The molecular weight excluding hydrogens is 380 g/mol. The van der Waals surface area contributed by atoms with Gasteiger partial charge in [-0.2, -0.15) is 10.4 Å². The Morgan fingerprint density at radius 3 is 2.66 bits per heavy atom. The molecule has 29 heavy (non-hydrogen) atoms. The van der Waals surface area contributed by atoms with Crippen LogP contribution in [0.5, 0.6) is 0 Å². The van der Waals surface area contributed by atoms with Gasteiger partial charge in [-0.05, 0) is 24.3 Å². The summed E-state index contributed by atoms with van der Waals surface area (Å²) in [5.41, 5.74) is 1.43. The third-order valence-electron chi connectivity index (χ3n) is 5.41. The van der Waals surface area contributed by atoms with Crippen molar-refractivity contribution in [2.75, 3.05) is 19.6 Å². The molecule has 1 saturated heterocycles. The van der Waals surface area contributed by atoms with E-state index in [1.165, 1.54) is 15.9 Å². The molecule has 0 saturated carbocycles. The number of rotatable bonds is 2. The van der Waals surface area contributed by atoms with E-state index in [0.29, 0.717) is 16.8 Å². The van der Waals surface area contributed by atoms with Crippen LogP contribution in [0.1, 0.15) is 40.5 Å². The fourth-order valence-electron chi connectivity index (χ4n) is 3.80. The van der Waals surface area contributed by atoms with Gasteiger partial charge in [0, 0.05) is 37.7 Å². The Morgan fingerprint density at radius 1 is 1.17 bits per heavy atom. The molecule has 2 aliphatic rings. The SMILES string of the molecule is N#Cc1cccc(C(=O)N2Cc3ccnn3C(C(=O)N3CCC(F)(F)CC3)C2)c1. The summed E-state index contributed by atoms with van der Waals surface area (Å²) in [6.07, 6.45) is 0.840. The number of halogens is 2. The van der Waals surface area contributed by atoms with Gasteiger partial charge in [0.25, 0.3) is 11.8 Å². The van der Waals surface area contributed by atoms with Crippen molar-refractivity contribution in [1.29, 1.82) is 5.26 Å². The first-order chi connectivity index (χ1) is 13.9. The predicted molar refractivity (Wildman–Crippen MR) is 97.9 cm³/mol. The van der Waals surface area contributed by atoms with Crippen LogP contribution >= 0.6 is 0 Å². The van der Waals surface area contributed by atoms with Crippen molar-refractivity contribution in [3.63, 3.8) is 0 Å². The summed E-state index contributed by atoms with van der Waals surface area (Å²) < 4.78 is 28.5. The zero-order valence-electron chi connectivity index (χ0n) is 15.6. The summed E-state index contributed by atoms with van der Waals surface area (Å²) in [7, 11) is 0. The first-order valence-corrected chi connectivity index (χ1v) is 9.36. The van der Waals surface area contributed by atoms with Crippen LogP contribution in [0, 0.1) is 11.3 Å². The molecule has 0 N–H and O–H groups in total. The predicted octanol–water partition coefficient (Wildman–Crippen LogP) is 2.21. The first-order valence-electron chi connectivity index (χ1n) is 9.36. The van der Waals surface area contributed by atoms with Crippen LogP contribution < -0.4 is 0 Å². The van der Waals surface area contributed by atoms with Gasteiger partial charge < -0.3 is 9.80 Å². The van der Waals surface area contributed by atoms with Gasteiger partial charge in [0.1, 0.15) is 6.04 Å². The summed E-state index contributed by atoms with van der Waals surface area (Å²) in [6.45, 7) is 0.335. The highest BCUT2D eigenvalue weighted by molar-refractivity contribution is 5.95. The minimum atomic E-state index is -2.74. The van der Waals surface area contributed by atoms with Crippen LogP contribution in [0.25, 0.3) is 0 Å². The van der Waals surface area contributed by atoms with Gasteiger partial charge in [0.05, 0.1) is 30.4 Å². The number of hydrogen-bond donors (Lipinski definition) is 0. The molecular formula is C20H19F2N5O2. The van der Waals surface area contributed by atoms with Gasteiger partial charge in [-0.1, -0.05) is 6.07 Å². The second-order valence-corrected chi connectivity index (χ2v) is 7.34. The minimum absolute atomic E-state index is 0.0168. The molecule has 0 radical (unpaired) electrons. The molecule has 0 bridgehead atoms. The molecule has 4 rings (SSSR count). The minimum Gasteiger partial charge on any atom is -0.340 e. The average Bonchev–Trinajstić information content (AvgIpc) is 3.20. The summed E-state index contributed by atoms with van der Waals surface area (Å²) in [4.78, 5) is 29.0. The van der Waals surface area contributed by atoms with Crippen molar-refractivity contribution in [3.05, 3.63) is 53.3 Å². The molecule has 1 aromatic heterocycles. The molecule has 0 spiro atoms. The quantitative estimate of drug-likeness (QED) is 0.775. The molecule has 7 nitrogen and oxygen atoms in total. The highest BCUT2D eigenvalue weighted by Crippen LogP contribution is 2.30. The van der Waals surface area contributed by atoms with Gasteiger partial charge in [-0.15, -0.1) is 0 Å². The molecule has 150 valence electrons. The average molecular weight is 399 g/mol. The van der Waals surface area contributed by atoms with Crippen LogP contribution in [0.2, 0.25) is 0 Å². The van der Waals surface area contributed by atoms with E-state index >= 15 is 0 Å². The van der Waals surface area contributed by atoms with Crippen LogP contribution in [-0.4, -0.2) is 57.0 Å². The molecule has 0 aliphatic carbocycles. The lowest BCUT2D eigenvalue weighted by Crippen LogP contribution is -2.51. The van der Waals surface area contributed by atoms with Crippen LogP contribution in [0.15, 0.2) is 36.5 Å². The zero-order valence-corrected chi connectivity index (χ0v) is 15.6. The molecule has 2 aliphatic heterocycles. The number of fused-ring (bicyclic) bond motifs is 1. The number of piperidine rings is 1. The molecule has 2 amide bonds. The lowest BCUT2D eigenvalue weighted by molar-refractivity contribution is -0.142. The first kappa shape index (κ1) is 19.1. The maximum absolute atomic E-state index is 13.5. The standard InChI is InChI=1S/C20H19F2N5O2/c21-20(22)5-8-25(9-6-20)19(29)17-13-26(12-16-4-7-24-27(16)17)18(28)15-3-1-2-14(10-15)11-23/h1-4,7,10,17H,5-6,8-9,12-13H2. The van der Waals surface area contributed by atoms with E-state index in [1.807, 2.05) is 6.07 Å². The van der Waals surface area contributed by atoms with E-state index in [-0.39, 0.29) is 50.8 Å². The zero-order chi connectivity index (χ0) is 20.6. The highest BCUT2D eigenvalue weighted by atomic mass is 19.3. The van der Waals surface area contributed by atoms with E-state index in [2.05, 4.69) is 5.10 Å². The lowest BCUT2D eigenvalue weighted by atomic mass is 10.0. The number of nitrogens with zero attached hydrogens (tertiary/aromatic N) is 5. The topological polar surface area (TPSA) is 82.2 Å². The van der Waals surface area contributed by atoms with E-state index in [1.54, 1.807) is 35.1 Å². The maximum atomic E-state index is 13.5. The van der Waals surface area contributed by atoms with Crippen LogP contribution in [-0.2, 0) is 11.3 Å². The van der Waals surface area contributed by atoms with Crippen LogP contribution in [0.3, 0.4) is 0 Å². The summed E-state index contributed by atoms with van der Waals surface area (Å²) in [5.74, 6) is -3.35. The summed E-state index contributed by atoms with van der Waals surface area (Å²) in [6, 6.07) is 9.36. The normalized spacial score (nSPS) is 20.7. The molecule has 1 atom stereocenters. The monoisotopic (exact) mass is 399 g/mol. The number of aromatic nitrogens is 2. The third-order valence-corrected chi connectivity index (χ3v) is 5.41. The Labute approximate surface area is 166 Å². The van der Waals surface area contributed by atoms with Crippen LogP contribution in [0.4, 0.5) is 8.78 Å². The van der Waals surface area contributed by atoms with Gasteiger partial charge in [0.15, 0.2) is 0 Å². The van der Waals surface area contributed by atoms with Crippen molar-refractivity contribution in [1.82, 2.24) is 19.6 Å². The van der Waals surface area contributed by atoms with E-state index in [4.69, 9.17) is 5.26 Å². The highest BCUT2D eigenvalue weighted by Gasteiger charge is 2.40. The smallest absolute Gasteiger partial charge is 0.254 e. The Bertz CT molecular complexity index is 987. The van der Waals surface area contributed by atoms with E-state index < -0.39 is 12.0 Å². The Kier molecular flexibility index (Phi) is 4.78. The fraction of sp³-hybridized carbons (Fsp3) is 0.400. The summed E-state index contributed by atoms with van der Waals surface area (Å²) >= 11 is 0. The Hall–Kier alpha value is -3.28. The molecule has 3 heterocycles. The summed E-state index contributed by atoms with van der Waals surface area (Å²) in [5, 5.41) is 13.3. The number of hydrogen-bond acceptors (Lipinski definition) is 4. The van der Waals surface area contributed by atoms with Gasteiger partial charge in [-0.25, -0.2) is 8.78 Å². The van der Waals surface area contributed by atoms with Crippen molar-refractivity contribution >= 4 is 11.8 Å². The molecule has 9 heteroatoms. The number of carbonyl (C=O) groups excluding carboxylic acids is 2. The maximum Gasteiger partial charge on any atom is 0.254 e. The van der Waals surface area contributed by atoms with Gasteiger partial charge >= 0.3 is 0 Å². The Morgan fingerprint density at radius 2 is 1.93 bits per heavy atom. The molecule has 1 aromatic carbocycles. The number of benzene rings is 1. The Balaban J connectivity index is 1.57. The van der Waals surface area contributed by atoms with E-state index in [0.717, 1.165) is 0 Å². The number of amides is 2. The molecule has 1 fully saturated rings. The van der Waals surface area contributed by atoms with Crippen molar-refractivity contribution in [2.45, 2.75) is 31.4 Å². The number of carbonyl (C=O) groups is 2.